The molecule has 160 valence electrons. The van der Waals surface area contributed by atoms with Gasteiger partial charge in [0.1, 0.15) is 6.33 Å². The highest BCUT2D eigenvalue weighted by atomic mass is 35.5. The summed E-state index contributed by atoms with van der Waals surface area (Å²) in [6.07, 6.45) is 1.62. The van der Waals surface area contributed by atoms with E-state index in [4.69, 9.17) is 21.1 Å². The first kappa shape index (κ1) is 20.7. The molecule has 0 radical (unpaired) electrons. The quantitative estimate of drug-likeness (QED) is 0.582. The standard InChI is InChI=1S/C21H20ClN5O4/c1-2-30-18-9-13(16-10-19(28)26-21-23-12-24-27(16)21)7-8-17(18)31-11-20(29)25-15-6-4-3-5-14(15)22/h3-9,12,16H,2,10-11H2,1H3,(H,25,29)(H,23,24,26,28). The zero-order chi connectivity index (χ0) is 21.8. The van der Waals surface area contributed by atoms with Crippen LogP contribution in [-0.2, 0) is 9.59 Å². The van der Waals surface area contributed by atoms with Gasteiger partial charge in [0, 0.05) is 0 Å². The van der Waals surface area contributed by atoms with Crippen molar-refractivity contribution in [3.05, 3.63) is 59.4 Å². The van der Waals surface area contributed by atoms with Gasteiger partial charge in [0.2, 0.25) is 11.9 Å². The molecule has 1 aliphatic heterocycles. The number of ether oxygens (including phenoxy) is 2. The molecule has 10 heteroatoms. The topological polar surface area (TPSA) is 107 Å². The summed E-state index contributed by atoms with van der Waals surface area (Å²) in [5.74, 6) is 0.795. The monoisotopic (exact) mass is 441 g/mol. The van der Waals surface area contributed by atoms with Crippen molar-refractivity contribution in [2.45, 2.75) is 19.4 Å². The van der Waals surface area contributed by atoms with Crippen LogP contribution in [0.25, 0.3) is 0 Å². The van der Waals surface area contributed by atoms with E-state index in [1.54, 1.807) is 41.1 Å². The van der Waals surface area contributed by atoms with Crippen molar-refractivity contribution in [1.29, 1.82) is 0 Å². The molecule has 1 aromatic heterocycles. The average Bonchev–Trinajstić information content (AvgIpc) is 3.22. The van der Waals surface area contributed by atoms with Gasteiger partial charge in [-0.2, -0.15) is 10.1 Å². The Hall–Kier alpha value is -3.59. The maximum atomic E-state index is 12.3. The number of nitrogens with one attached hydrogen (secondary N) is 2. The number of hydrogen-bond donors (Lipinski definition) is 2. The minimum atomic E-state index is -0.351. The largest absolute Gasteiger partial charge is 0.490 e. The van der Waals surface area contributed by atoms with Crippen LogP contribution in [0.1, 0.15) is 24.9 Å². The molecular formula is C21H20ClN5O4. The molecule has 2 amide bonds. The molecule has 0 saturated heterocycles. The van der Waals surface area contributed by atoms with E-state index in [1.165, 1.54) is 6.33 Å². The minimum absolute atomic E-state index is 0.139. The van der Waals surface area contributed by atoms with Crippen molar-refractivity contribution in [1.82, 2.24) is 14.8 Å². The molecule has 0 aliphatic carbocycles. The number of aromatic nitrogens is 3. The van der Waals surface area contributed by atoms with Crippen molar-refractivity contribution >= 4 is 35.1 Å². The fourth-order valence-corrected chi connectivity index (χ4v) is 3.46. The van der Waals surface area contributed by atoms with Crippen molar-refractivity contribution < 1.29 is 19.1 Å². The van der Waals surface area contributed by atoms with Crippen molar-refractivity contribution in [2.24, 2.45) is 0 Å². The third kappa shape index (κ3) is 4.61. The molecule has 31 heavy (non-hydrogen) atoms. The summed E-state index contributed by atoms with van der Waals surface area (Å²) in [6, 6.07) is 12.0. The van der Waals surface area contributed by atoms with E-state index in [0.717, 1.165) is 5.56 Å². The lowest BCUT2D eigenvalue weighted by atomic mass is 10.0. The second kappa shape index (κ2) is 9.05. The van der Waals surface area contributed by atoms with Crippen LogP contribution in [0.5, 0.6) is 11.5 Å². The first-order valence-corrected chi connectivity index (χ1v) is 10.1. The minimum Gasteiger partial charge on any atom is -0.490 e. The van der Waals surface area contributed by atoms with Crippen molar-refractivity contribution in [3.63, 3.8) is 0 Å². The Morgan fingerprint density at radius 3 is 2.90 bits per heavy atom. The van der Waals surface area contributed by atoms with E-state index < -0.39 is 0 Å². The Morgan fingerprint density at radius 1 is 1.26 bits per heavy atom. The van der Waals surface area contributed by atoms with Crippen LogP contribution < -0.4 is 20.1 Å². The van der Waals surface area contributed by atoms with E-state index in [2.05, 4.69) is 20.7 Å². The van der Waals surface area contributed by atoms with Gasteiger partial charge in [-0.1, -0.05) is 29.8 Å². The smallest absolute Gasteiger partial charge is 0.262 e. The lowest BCUT2D eigenvalue weighted by Gasteiger charge is -2.24. The summed E-state index contributed by atoms with van der Waals surface area (Å²) >= 11 is 6.07. The lowest BCUT2D eigenvalue weighted by Crippen LogP contribution is -2.29. The third-order valence-corrected chi connectivity index (χ3v) is 4.99. The van der Waals surface area contributed by atoms with Gasteiger partial charge in [0.25, 0.3) is 5.91 Å². The van der Waals surface area contributed by atoms with Gasteiger partial charge in [-0.25, -0.2) is 4.68 Å². The predicted octanol–water partition coefficient (Wildman–Crippen LogP) is 3.28. The number of para-hydroxylation sites is 1. The highest BCUT2D eigenvalue weighted by molar-refractivity contribution is 6.33. The summed E-state index contributed by atoms with van der Waals surface area (Å²) < 4.78 is 13.1. The molecule has 1 atom stereocenters. The number of hydrogen-bond acceptors (Lipinski definition) is 6. The second-order valence-corrected chi connectivity index (χ2v) is 7.16. The normalized spacial score (nSPS) is 15.0. The van der Waals surface area contributed by atoms with Crippen LogP contribution in [0, 0.1) is 0 Å². The summed E-state index contributed by atoms with van der Waals surface area (Å²) in [5.41, 5.74) is 1.33. The molecule has 1 unspecified atom stereocenters. The SMILES string of the molecule is CCOc1cc(C2CC(=O)Nc3ncnn32)ccc1OCC(=O)Nc1ccccc1Cl. The zero-order valence-corrected chi connectivity index (χ0v) is 17.4. The van der Waals surface area contributed by atoms with Gasteiger partial charge in [0.05, 0.1) is 29.8 Å². The first-order valence-electron chi connectivity index (χ1n) is 9.68. The van der Waals surface area contributed by atoms with Gasteiger partial charge in [-0.05, 0) is 36.8 Å². The highest BCUT2D eigenvalue weighted by Crippen LogP contribution is 2.35. The Kier molecular flexibility index (Phi) is 6.03. The average molecular weight is 442 g/mol. The molecule has 2 N–H and O–H groups in total. The number of nitrogens with zero attached hydrogens (tertiary/aromatic N) is 3. The summed E-state index contributed by atoms with van der Waals surface area (Å²) in [4.78, 5) is 28.4. The van der Waals surface area contributed by atoms with Gasteiger partial charge in [-0.15, -0.1) is 0 Å². The second-order valence-electron chi connectivity index (χ2n) is 6.75. The molecular weight excluding hydrogens is 422 g/mol. The lowest BCUT2D eigenvalue weighted by molar-refractivity contribution is -0.118. The Morgan fingerprint density at radius 2 is 2.10 bits per heavy atom. The Bertz CT molecular complexity index is 1120. The molecule has 0 fully saturated rings. The van der Waals surface area contributed by atoms with Crippen LogP contribution in [0.3, 0.4) is 0 Å². The number of anilines is 2. The van der Waals surface area contributed by atoms with Crippen LogP contribution in [-0.4, -0.2) is 39.8 Å². The van der Waals surface area contributed by atoms with Gasteiger partial charge in [-0.3, -0.25) is 14.9 Å². The Labute approximate surface area is 183 Å². The molecule has 2 aromatic carbocycles. The van der Waals surface area contributed by atoms with E-state index in [0.29, 0.717) is 34.8 Å². The van der Waals surface area contributed by atoms with Gasteiger partial charge in [0.15, 0.2) is 18.1 Å². The van der Waals surface area contributed by atoms with Crippen LogP contribution in [0.4, 0.5) is 11.6 Å². The molecule has 0 saturated carbocycles. The molecule has 3 aromatic rings. The molecule has 4 rings (SSSR count). The first-order chi connectivity index (χ1) is 15.0. The number of benzene rings is 2. The van der Waals surface area contributed by atoms with E-state index >= 15 is 0 Å². The number of carbonyl (C=O) groups is 2. The summed E-state index contributed by atoms with van der Waals surface area (Å²) in [7, 11) is 0. The third-order valence-electron chi connectivity index (χ3n) is 4.66. The summed E-state index contributed by atoms with van der Waals surface area (Å²) in [6.45, 7) is 2.04. The number of rotatable bonds is 7. The van der Waals surface area contributed by atoms with Crippen LogP contribution in [0.15, 0.2) is 48.8 Å². The van der Waals surface area contributed by atoms with Crippen molar-refractivity contribution in [2.75, 3.05) is 23.8 Å². The molecule has 0 spiro atoms. The molecule has 2 heterocycles. The summed E-state index contributed by atoms with van der Waals surface area (Å²) in [5, 5.41) is 10.0. The van der Waals surface area contributed by atoms with Crippen LogP contribution in [0.2, 0.25) is 5.02 Å². The maximum Gasteiger partial charge on any atom is 0.262 e. The number of carbonyl (C=O) groups excluding carboxylic acids is 2. The van der Waals surface area contributed by atoms with E-state index in [-0.39, 0.29) is 30.9 Å². The highest BCUT2D eigenvalue weighted by Gasteiger charge is 2.28. The molecule has 0 bridgehead atoms. The van der Waals surface area contributed by atoms with E-state index in [1.807, 2.05) is 13.0 Å². The van der Waals surface area contributed by atoms with E-state index in [9.17, 15) is 9.59 Å². The van der Waals surface area contributed by atoms with Gasteiger partial charge >= 0.3 is 0 Å². The van der Waals surface area contributed by atoms with Gasteiger partial charge < -0.3 is 14.8 Å². The molecule has 1 aliphatic rings. The predicted molar refractivity (Wildman–Crippen MR) is 115 cm³/mol. The Balaban J connectivity index is 1.50. The number of amides is 2. The van der Waals surface area contributed by atoms with Crippen LogP contribution >= 0.6 is 11.6 Å². The van der Waals surface area contributed by atoms with Crippen molar-refractivity contribution in [3.8, 4) is 11.5 Å². The fourth-order valence-electron chi connectivity index (χ4n) is 3.28. The maximum absolute atomic E-state index is 12.3. The fraction of sp³-hybridized carbons (Fsp3) is 0.238. The number of halogens is 1. The molecule has 9 nitrogen and oxygen atoms in total. The number of fused-ring (bicyclic) bond motifs is 1. The zero-order valence-electron chi connectivity index (χ0n) is 16.7.